The highest BCUT2D eigenvalue weighted by Crippen LogP contribution is 2.42. The molecule has 0 saturated carbocycles. The number of furan rings is 1. The van der Waals surface area contributed by atoms with Crippen LogP contribution in [-0.2, 0) is 16.1 Å². The summed E-state index contributed by atoms with van der Waals surface area (Å²) in [4.78, 5) is 27.1. The number of aryl methyl sites for hydroxylation is 2. The van der Waals surface area contributed by atoms with E-state index in [-0.39, 0.29) is 29.2 Å². The van der Waals surface area contributed by atoms with Gasteiger partial charge in [0.2, 0.25) is 5.78 Å². The molecular weight excluding hydrogens is 398 g/mol. The van der Waals surface area contributed by atoms with Crippen molar-refractivity contribution in [3.8, 4) is 11.5 Å². The van der Waals surface area contributed by atoms with Crippen molar-refractivity contribution in [2.24, 2.45) is 5.92 Å². The molecule has 0 aliphatic carbocycles. The van der Waals surface area contributed by atoms with Crippen LogP contribution < -0.4 is 4.74 Å². The molecule has 3 heterocycles. The number of hydrogen-bond donors (Lipinski definition) is 1. The molecule has 31 heavy (non-hydrogen) atoms. The Morgan fingerprint density at radius 2 is 2.03 bits per heavy atom. The van der Waals surface area contributed by atoms with Gasteiger partial charge in [0.15, 0.2) is 5.76 Å². The van der Waals surface area contributed by atoms with Crippen LogP contribution in [0.5, 0.6) is 11.5 Å². The van der Waals surface area contributed by atoms with Gasteiger partial charge in [-0.2, -0.15) is 0 Å². The summed E-state index contributed by atoms with van der Waals surface area (Å²) >= 11 is 0. The lowest BCUT2D eigenvalue weighted by molar-refractivity contribution is -0.149. The number of allylic oxidation sites excluding steroid dienone is 1. The maximum Gasteiger partial charge on any atom is 0.309 e. The van der Waals surface area contributed by atoms with Crippen molar-refractivity contribution in [2.45, 2.75) is 40.2 Å². The quantitative estimate of drug-likeness (QED) is 0.572. The highest BCUT2D eigenvalue weighted by Gasteiger charge is 2.35. The number of aromatic hydroxyl groups is 1. The molecule has 0 unspecified atom stereocenters. The van der Waals surface area contributed by atoms with E-state index in [0.29, 0.717) is 67.3 Å². The van der Waals surface area contributed by atoms with Crippen LogP contribution in [0.15, 0.2) is 28.4 Å². The first-order valence-electron chi connectivity index (χ1n) is 10.6. The van der Waals surface area contributed by atoms with Crippen molar-refractivity contribution in [3.63, 3.8) is 0 Å². The van der Waals surface area contributed by atoms with E-state index in [1.807, 2.05) is 19.9 Å². The van der Waals surface area contributed by atoms with E-state index in [4.69, 9.17) is 13.9 Å². The number of fused-ring (bicyclic) bond motifs is 1. The van der Waals surface area contributed by atoms with Crippen molar-refractivity contribution >= 4 is 17.8 Å². The van der Waals surface area contributed by atoms with Gasteiger partial charge in [-0.1, -0.05) is 0 Å². The summed E-state index contributed by atoms with van der Waals surface area (Å²) in [6, 6.07) is 5.21. The van der Waals surface area contributed by atoms with E-state index in [2.05, 4.69) is 4.90 Å². The van der Waals surface area contributed by atoms with Crippen molar-refractivity contribution in [2.75, 3.05) is 19.7 Å². The number of ether oxygens (including phenoxy) is 2. The molecule has 4 rings (SSSR count). The van der Waals surface area contributed by atoms with Gasteiger partial charge in [-0.3, -0.25) is 14.5 Å². The largest absolute Gasteiger partial charge is 0.507 e. The van der Waals surface area contributed by atoms with Gasteiger partial charge >= 0.3 is 5.97 Å². The lowest BCUT2D eigenvalue weighted by Gasteiger charge is -2.31. The average Bonchev–Trinajstić information content (AvgIpc) is 3.29. The van der Waals surface area contributed by atoms with E-state index in [1.165, 1.54) is 0 Å². The minimum absolute atomic E-state index is 0.0855. The number of phenolic OH excluding ortho intramolecular Hbond substituents is 1. The van der Waals surface area contributed by atoms with Gasteiger partial charge in [0.25, 0.3) is 0 Å². The molecule has 1 N–H and O–H groups in total. The van der Waals surface area contributed by atoms with Crippen LogP contribution in [0, 0.1) is 19.8 Å². The van der Waals surface area contributed by atoms with Crippen LogP contribution in [0.3, 0.4) is 0 Å². The summed E-state index contributed by atoms with van der Waals surface area (Å²) < 4.78 is 16.6. The molecule has 2 aliphatic heterocycles. The second kappa shape index (κ2) is 8.59. The first-order valence-corrected chi connectivity index (χ1v) is 10.6. The summed E-state index contributed by atoms with van der Waals surface area (Å²) in [5, 5.41) is 10.6. The maximum atomic E-state index is 13.0. The Labute approximate surface area is 181 Å². The lowest BCUT2D eigenvalue weighted by Crippen LogP contribution is -2.36. The molecule has 7 nitrogen and oxygen atoms in total. The Balaban J connectivity index is 1.55. The van der Waals surface area contributed by atoms with Gasteiger partial charge in [0, 0.05) is 12.6 Å². The number of esters is 1. The number of Topliss-reactive ketones (excluding diaryl/α,β-unsaturated/α-hetero) is 1. The second-order valence-electron chi connectivity index (χ2n) is 8.09. The number of piperidine rings is 1. The van der Waals surface area contributed by atoms with Gasteiger partial charge < -0.3 is 19.0 Å². The molecule has 0 bridgehead atoms. The summed E-state index contributed by atoms with van der Waals surface area (Å²) in [5.41, 5.74) is 1.73. The van der Waals surface area contributed by atoms with Gasteiger partial charge in [0.1, 0.15) is 23.0 Å². The number of carbonyl (C=O) groups excluding carboxylic acids is 2. The minimum Gasteiger partial charge on any atom is -0.507 e. The Kier molecular flexibility index (Phi) is 5.87. The normalized spacial score (nSPS) is 18.3. The number of hydrogen-bond acceptors (Lipinski definition) is 7. The zero-order chi connectivity index (χ0) is 22.1. The molecule has 2 aliphatic rings. The van der Waals surface area contributed by atoms with Gasteiger partial charge in [-0.05, 0) is 70.5 Å². The Morgan fingerprint density at radius 3 is 2.68 bits per heavy atom. The molecule has 0 atom stereocenters. The molecule has 1 fully saturated rings. The standard InChI is InChI=1S/C24H27NO6/c1-4-29-24(28)16-7-9-25(10-8-16)13-18-19(26)11-14(2)21-22(27)20(31-23(18)21)12-17-6-5-15(3)30-17/h5-6,11-12,16,26H,4,7-10,13H2,1-3H3/b20-12+. The van der Waals surface area contributed by atoms with Crippen molar-refractivity contribution in [3.05, 3.63) is 52.2 Å². The number of nitrogens with zero attached hydrogens (tertiary/aromatic N) is 1. The second-order valence-corrected chi connectivity index (χ2v) is 8.09. The van der Waals surface area contributed by atoms with E-state index in [0.717, 1.165) is 5.76 Å². The van der Waals surface area contributed by atoms with Gasteiger partial charge in [-0.25, -0.2) is 0 Å². The summed E-state index contributed by atoms with van der Waals surface area (Å²) in [6.45, 7) is 7.66. The Morgan fingerprint density at radius 1 is 1.29 bits per heavy atom. The maximum absolute atomic E-state index is 13.0. The summed E-state index contributed by atoms with van der Waals surface area (Å²) in [5.74, 6) is 1.53. The highest BCUT2D eigenvalue weighted by atomic mass is 16.5. The third kappa shape index (κ3) is 4.23. The van der Waals surface area contributed by atoms with E-state index < -0.39 is 0 Å². The lowest BCUT2D eigenvalue weighted by atomic mass is 9.95. The molecule has 0 radical (unpaired) electrons. The fourth-order valence-electron chi connectivity index (χ4n) is 4.20. The Hall–Kier alpha value is -3.06. The van der Waals surface area contributed by atoms with Crippen molar-refractivity contribution in [1.82, 2.24) is 4.90 Å². The number of ketones is 1. The molecule has 1 aromatic heterocycles. The molecule has 0 amide bonds. The van der Waals surface area contributed by atoms with Crippen LogP contribution in [-0.4, -0.2) is 41.5 Å². The number of likely N-dealkylation sites (tertiary alicyclic amines) is 1. The number of carbonyl (C=O) groups is 2. The highest BCUT2D eigenvalue weighted by molar-refractivity contribution is 6.15. The van der Waals surface area contributed by atoms with E-state index in [9.17, 15) is 14.7 Å². The molecule has 7 heteroatoms. The van der Waals surface area contributed by atoms with Crippen LogP contribution in [0.1, 0.15) is 52.8 Å². The first kappa shape index (κ1) is 21.2. The molecule has 164 valence electrons. The molecule has 1 saturated heterocycles. The van der Waals surface area contributed by atoms with Crippen molar-refractivity contribution in [1.29, 1.82) is 0 Å². The monoisotopic (exact) mass is 425 g/mol. The fourth-order valence-corrected chi connectivity index (χ4v) is 4.20. The summed E-state index contributed by atoms with van der Waals surface area (Å²) in [6.07, 6.45) is 2.99. The molecular formula is C24H27NO6. The third-order valence-electron chi connectivity index (χ3n) is 5.84. The molecule has 0 spiro atoms. The first-order chi connectivity index (χ1) is 14.9. The summed E-state index contributed by atoms with van der Waals surface area (Å²) in [7, 11) is 0. The number of rotatable bonds is 5. The fraction of sp³-hybridized carbons (Fsp3) is 0.417. The number of benzene rings is 1. The van der Waals surface area contributed by atoms with Crippen LogP contribution in [0.25, 0.3) is 6.08 Å². The average molecular weight is 425 g/mol. The zero-order valence-corrected chi connectivity index (χ0v) is 18.1. The van der Waals surface area contributed by atoms with Gasteiger partial charge in [0.05, 0.1) is 23.7 Å². The van der Waals surface area contributed by atoms with Gasteiger partial charge in [-0.15, -0.1) is 0 Å². The van der Waals surface area contributed by atoms with E-state index >= 15 is 0 Å². The van der Waals surface area contributed by atoms with E-state index in [1.54, 1.807) is 25.1 Å². The smallest absolute Gasteiger partial charge is 0.309 e. The molecule has 2 aromatic rings. The number of phenols is 1. The topological polar surface area (TPSA) is 89.2 Å². The third-order valence-corrected chi connectivity index (χ3v) is 5.84. The van der Waals surface area contributed by atoms with Crippen LogP contribution in [0.4, 0.5) is 0 Å². The molecule has 1 aromatic carbocycles. The van der Waals surface area contributed by atoms with Crippen LogP contribution >= 0.6 is 0 Å². The predicted octanol–water partition coefficient (Wildman–Crippen LogP) is 3.99. The van der Waals surface area contributed by atoms with Crippen molar-refractivity contribution < 1.29 is 28.6 Å². The minimum atomic E-state index is -0.219. The zero-order valence-electron chi connectivity index (χ0n) is 18.1. The Bertz CT molecular complexity index is 1040. The van der Waals surface area contributed by atoms with Crippen LogP contribution in [0.2, 0.25) is 0 Å². The SMILES string of the molecule is CCOC(=O)C1CCN(Cc2c(O)cc(C)c3c2O/C(=C/c2ccc(C)o2)C3=O)CC1. The predicted molar refractivity (Wildman–Crippen MR) is 114 cm³/mol.